The monoisotopic (exact) mass is 351 g/mol. The van der Waals surface area contributed by atoms with E-state index >= 15 is 0 Å². The summed E-state index contributed by atoms with van der Waals surface area (Å²) in [5.74, 6) is 1.93. The lowest BCUT2D eigenvalue weighted by Crippen LogP contribution is -2.13. The molecular weight excluding hydrogens is 332 g/mol. The molecule has 4 heteroatoms. The van der Waals surface area contributed by atoms with E-state index in [9.17, 15) is 4.79 Å². The van der Waals surface area contributed by atoms with Gasteiger partial charge in [-0.3, -0.25) is 0 Å². The predicted molar refractivity (Wildman–Crippen MR) is 101 cm³/mol. The van der Waals surface area contributed by atoms with Crippen LogP contribution in [0.4, 0.5) is 4.79 Å². The standard InChI is InChI=1S/C21H19O3S/c1-25(16-17-8-4-2-5-9-17)20-14-12-19(13-15-20)24-21(22)23-18-10-6-3-7-11-18/h2-15H,16H2,1H3/q+1. The van der Waals surface area contributed by atoms with Crippen molar-refractivity contribution in [1.82, 2.24) is 0 Å². The minimum Gasteiger partial charge on any atom is -0.395 e. The molecule has 0 saturated heterocycles. The second kappa shape index (κ2) is 8.40. The number of benzene rings is 3. The molecule has 3 rings (SSSR count). The van der Waals surface area contributed by atoms with E-state index in [2.05, 4.69) is 30.5 Å². The highest BCUT2D eigenvalue weighted by atomic mass is 32.2. The Labute approximate surface area is 150 Å². The molecule has 0 bridgehead atoms. The van der Waals surface area contributed by atoms with E-state index in [1.807, 2.05) is 24.3 Å². The van der Waals surface area contributed by atoms with Gasteiger partial charge in [-0.2, -0.15) is 0 Å². The summed E-state index contributed by atoms with van der Waals surface area (Å²) < 4.78 is 10.3. The lowest BCUT2D eigenvalue weighted by Gasteiger charge is -2.07. The summed E-state index contributed by atoms with van der Waals surface area (Å²) in [7, 11) is 0.0914. The van der Waals surface area contributed by atoms with E-state index < -0.39 is 6.16 Å². The van der Waals surface area contributed by atoms with Crippen LogP contribution in [0.1, 0.15) is 5.56 Å². The van der Waals surface area contributed by atoms with E-state index in [1.165, 1.54) is 10.5 Å². The van der Waals surface area contributed by atoms with Crippen molar-refractivity contribution in [3.8, 4) is 11.5 Å². The molecule has 0 aliphatic heterocycles. The van der Waals surface area contributed by atoms with E-state index in [0.717, 1.165) is 5.75 Å². The fraction of sp³-hybridized carbons (Fsp3) is 0.0952. The van der Waals surface area contributed by atoms with Crippen LogP contribution in [-0.4, -0.2) is 12.4 Å². The number of hydrogen-bond acceptors (Lipinski definition) is 3. The molecule has 25 heavy (non-hydrogen) atoms. The van der Waals surface area contributed by atoms with Crippen LogP contribution in [0.2, 0.25) is 0 Å². The Kier molecular flexibility index (Phi) is 5.75. The van der Waals surface area contributed by atoms with E-state index in [-0.39, 0.29) is 10.9 Å². The van der Waals surface area contributed by atoms with Crippen molar-refractivity contribution in [3.63, 3.8) is 0 Å². The fourth-order valence-corrected chi connectivity index (χ4v) is 3.81. The Morgan fingerprint density at radius 2 is 1.28 bits per heavy atom. The molecule has 3 nitrogen and oxygen atoms in total. The summed E-state index contributed by atoms with van der Waals surface area (Å²) in [4.78, 5) is 13.0. The van der Waals surface area contributed by atoms with Crippen LogP contribution in [0.5, 0.6) is 11.5 Å². The van der Waals surface area contributed by atoms with Gasteiger partial charge in [0.25, 0.3) is 0 Å². The molecule has 126 valence electrons. The number of rotatable bonds is 5. The number of carbonyl (C=O) groups excluding carboxylic acids is 1. The van der Waals surface area contributed by atoms with Crippen molar-refractivity contribution in [2.75, 3.05) is 6.26 Å². The van der Waals surface area contributed by atoms with Crippen LogP contribution in [0.3, 0.4) is 0 Å². The summed E-state index contributed by atoms with van der Waals surface area (Å²) in [5.41, 5.74) is 1.32. The van der Waals surface area contributed by atoms with Gasteiger partial charge >= 0.3 is 6.16 Å². The summed E-state index contributed by atoms with van der Waals surface area (Å²) >= 11 is 0. The van der Waals surface area contributed by atoms with Gasteiger partial charge in [-0.1, -0.05) is 48.5 Å². The Morgan fingerprint density at radius 1 is 0.760 bits per heavy atom. The first kappa shape index (κ1) is 17.1. The molecule has 3 aromatic carbocycles. The van der Waals surface area contributed by atoms with E-state index in [4.69, 9.17) is 9.47 Å². The zero-order valence-corrected chi connectivity index (χ0v) is 14.7. The Morgan fingerprint density at radius 3 is 1.88 bits per heavy atom. The largest absolute Gasteiger partial charge is 0.519 e. The lowest BCUT2D eigenvalue weighted by atomic mass is 10.2. The van der Waals surface area contributed by atoms with Gasteiger partial charge in [-0.05, 0) is 36.4 Å². The second-order valence-electron chi connectivity index (χ2n) is 5.51. The van der Waals surface area contributed by atoms with Crippen molar-refractivity contribution in [2.24, 2.45) is 0 Å². The van der Waals surface area contributed by atoms with Crippen molar-refractivity contribution in [3.05, 3.63) is 90.5 Å². The lowest BCUT2D eigenvalue weighted by molar-refractivity contribution is 0.152. The maximum Gasteiger partial charge on any atom is 0.519 e. The Balaban J connectivity index is 1.57. The number of hydrogen-bond donors (Lipinski definition) is 0. The quantitative estimate of drug-likeness (QED) is 0.366. The van der Waals surface area contributed by atoms with Crippen molar-refractivity contribution in [1.29, 1.82) is 0 Å². The van der Waals surface area contributed by atoms with Crippen LogP contribution in [0, 0.1) is 0 Å². The fourth-order valence-electron chi connectivity index (χ4n) is 2.35. The van der Waals surface area contributed by atoms with Gasteiger partial charge < -0.3 is 9.47 Å². The molecule has 0 aliphatic carbocycles. The van der Waals surface area contributed by atoms with Crippen molar-refractivity contribution < 1.29 is 14.3 Å². The van der Waals surface area contributed by atoms with Crippen LogP contribution < -0.4 is 9.47 Å². The zero-order valence-electron chi connectivity index (χ0n) is 13.9. The van der Waals surface area contributed by atoms with Gasteiger partial charge in [0.1, 0.15) is 23.5 Å². The topological polar surface area (TPSA) is 35.5 Å². The maximum atomic E-state index is 11.8. The van der Waals surface area contributed by atoms with Gasteiger partial charge in [0, 0.05) is 16.5 Å². The van der Waals surface area contributed by atoms with Crippen LogP contribution in [0.15, 0.2) is 89.8 Å². The number of carbonyl (C=O) groups is 1. The molecule has 0 amide bonds. The molecule has 0 fully saturated rings. The molecule has 0 radical (unpaired) electrons. The molecular formula is C21H19O3S+. The van der Waals surface area contributed by atoms with Crippen LogP contribution in [0.25, 0.3) is 0 Å². The molecule has 0 aromatic heterocycles. The number of para-hydroxylation sites is 1. The average molecular weight is 351 g/mol. The minimum atomic E-state index is -0.737. The summed E-state index contributed by atoms with van der Waals surface area (Å²) in [6, 6.07) is 26.9. The van der Waals surface area contributed by atoms with Gasteiger partial charge in [-0.25, -0.2) is 4.79 Å². The molecule has 0 saturated carbocycles. The van der Waals surface area contributed by atoms with Gasteiger partial charge in [-0.15, -0.1) is 0 Å². The predicted octanol–water partition coefficient (Wildman–Crippen LogP) is 5.07. The van der Waals surface area contributed by atoms with Crippen LogP contribution >= 0.6 is 0 Å². The first-order chi connectivity index (χ1) is 12.2. The van der Waals surface area contributed by atoms with Gasteiger partial charge in [0.2, 0.25) is 0 Å². The Hall–Kier alpha value is -2.72. The van der Waals surface area contributed by atoms with Gasteiger partial charge in [0.05, 0.1) is 0 Å². The minimum absolute atomic E-state index is 0.0914. The summed E-state index contributed by atoms with van der Waals surface area (Å²) in [6.45, 7) is 0. The third-order valence-electron chi connectivity index (χ3n) is 3.60. The molecule has 3 aromatic rings. The zero-order chi connectivity index (χ0) is 17.5. The third-order valence-corrected chi connectivity index (χ3v) is 5.44. The summed E-state index contributed by atoms with van der Waals surface area (Å²) in [5, 5.41) is 0. The SMILES string of the molecule is C[S+](Cc1ccccc1)c1ccc(OC(=O)Oc2ccccc2)cc1. The highest BCUT2D eigenvalue weighted by molar-refractivity contribution is 7.95. The Bertz CT molecular complexity index is 802. The molecule has 0 aliphatic rings. The first-order valence-electron chi connectivity index (χ1n) is 7.92. The molecule has 0 N–H and O–H groups in total. The highest BCUT2D eigenvalue weighted by Gasteiger charge is 2.16. The molecule has 1 atom stereocenters. The smallest absolute Gasteiger partial charge is 0.395 e. The highest BCUT2D eigenvalue weighted by Crippen LogP contribution is 2.21. The van der Waals surface area contributed by atoms with E-state index in [0.29, 0.717) is 11.5 Å². The molecule has 1 unspecified atom stereocenters. The van der Waals surface area contributed by atoms with E-state index in [1.54, 1.807) is 36.4 Å². The number of ether oxygens (including phenoxy) is 2. The van der Waals surface area contributed by atoms with Crippen molar-refractivity contribution >= 4 is 17.1 Å². The van der Waals surface area contributed by atoms with Gasteiger partial charge in [0.15, 0.2) is 4.90 Å². The average Bonchev–Trinajstić information content (AvgIpc) is 2.64. The van der Waals surface area contributed by atoms with Crippen molar-refractivity contribution in [2.45, 2.75) is 10.6 Å². The second-order valence-corrected chi connectivity index (χ2v) is 7.54. The molecule has 0 spiro atoms. The normalized spacial score (nSPS) is 11.6. The third kappa shape index (κ3) is 5.13. The first-order valence-corrected chi connectivity index (χ1v) is 9.72. The maximum absolute atomic E-state index is 11.8. The summed E-state index contributed by atoms with van der Waals surface area (Å²) in [6.07, 6.45) is 1.48. The van der Waals surface area contributed by atoms with Crippen LogP contribution in [-0.2, 0) is 16.6 Å². The molecule has 0 heterocycles.